The van der Waals surface area contributed by atoms with Crippen molar-refractivity contribution < 1.29 is 4.39 Å². The second-order valence-electron chi connectivity index (χ2n) is 4.34. The Morgan fingerprint density at radius 3 is 2.88 bits per heavy atom. The molecule has 17 heavy (non-hydrogen) atoms. The number of allylic oxidation sites excluding steroid dienone is 1. The van der Waals surface area contributed by atoms with Crippen LogP contribution in [0.15, 0.2) is 34.3 Å². The first kappa shape index (κ1) is 12.8. The van der Waals surface area contributed by atoms with Gasteiger partial charge < -0.3 is 5.32 Å². The molecule has 2 rings (SSSR count). The van der Waals surface area contributed by atoms with Crippen LogP contribution < -0.4 is 5.32 Å². The van der Waals surface area contributed by atoms with E-state index in [0.717, 1.165) is 18.5 Å². The van der Waals surface area contributed by atoms with Gasteiger partial charge in [0.1, 0.15) is 5.82 Å². The van der Waals surface area contributed by atoms with Crippen molar-refractivity contribution in [2.45, 2.75) is 32.2 Å². The number of halogens is 2. The number of benzene rings is 1. The summed E-state index contributed by atoms with van der Waals surface area (Å²) in [5.41, 5.74) is 2.57. The molecule has 1 nitrogen and oxygen atoms in total. The minimum Gasteiger partial charge on any atom is -0.307 e. The number of hydrogen-bond donors (Lipinski definition) is 1. The molecule has 0 saturated carbocycles. The molecule has 1 aromatic rings. The van der Waals surface area contributed by atoms with Crippen LogP contribution in [-0.2, 0) is 0 Å². The highest BCUT2D eigenvalue weighted by atomic mass is 79.9. The van der Waals surface area contributed by atoms with E-state index < -0.39 is 0 Å². The van der Waals surface area contributed by atoms with Crippen molar-refractivity contribution in [1.29, 1.82) is 0 Å². The SMILES string of the molecule is CCNC(C1=CCCC1)c1ccc(F)c(Br)c1. The average molecular weight is 298 g/mol. The second kappa shape index (κ2) is 5.78. The lowest BCUT2D eigenvalue weighted by Gasteiger charge is -2.20. The van der Waals surface area contributed by atoms with Gasteiger partial charge in [-0.1, -0.05) is 24.6 Å². The monoisotopic (exact) mass is 297 g/mol. The Kier molecular flexibility index (Phi) is 4.35. The summed E-state index contributed by atoms with van der Waals surface area (Å²) in [6.07, 6.45) is 5.86. The fourth-order valence-electron chi connectivity index (χ4n) is 2.32. The predicted octanol–water partition coefficient (Wildman–Crippen LogP) is 4.35. The molecule has 0 amide bonds. The largest absolute Gasteiger partial charge is 0.307 e. The van der Waals surface area contributed by atoms with E-state index in [0.29, 0.717) is 4.47 Å². The van der Waals surface area contributed by atoms with Crippen molar-refractivity contribution in [1.82, 2.24) is 5.32 Å². The van der Waals surface area contributed by atoms with Gasteiger partial charge in [0.2, 0.25) is 0 Å². The van der Waals surface area contributed by atoms with Crippen molar-refractivity contribution >= 4 is 15.9 Å². The van der Waals surface area contributed by atoms with Crippen LogP contribution in [0.4, 0.5) is 4.39 Å². The van der Waals surface area contributed by atoms with E-state index in [9.17, 15) is 4.39 Å². The molecule has 0 fully saturated rings. The van der Waals surface area contributed by atoms with Gasteiger partial charge in [-0.05, 0) is 59.4 Å². The first-order valence-electron chi connectivity index (χ1n) is 6.09. The smallest absolute Gasteiger partial charge is 0.137 e. The Bertz CT molecular complexity index is 428. The number of hydrogen-bond acceptors (Lipinski definition) is 1. The normalized spacial score (nSPS) is 17.0. The van der Waals surface area contributed by atoms with Gasteiger partial charge in [0.15, 0.2) is 0 Å². The maximum atomic E-state index is 13.2. The fraction of sp³-hybridized carbons (Fsp3) is 0.429. The molecule has 1 N–H and O–H groups in total. The standard InChI is InChI=1S/C14H17BrFN/c1-2-17-14(10-5-3-4-6-10)11-7-8-13(16)12(15)9-11/h5,7-9,14,17H,2-4,6H2,1H3. The van der Waals surface area contributed by atoms with E-state index in [-0.39, 0.29) is 11.9 Å². The zero-order chi connectivity index (χ0) is 12.3. The summed E-state index contributed by atoms with van der Waals surface area (Å²) < 4.78 is 13.8. The Morgan fingerprint density at radius 1 is 1.47 bits per heavy atom. The lowest BCUT2D eigenvalue weighted by Crippen LogP contribution is -2.22. The molecular weight excluding hydrogens is 281 g/mol. The molecule has 0 radical (unpaired) electrons. The minimum absolute atomic E-state index is 0.204. The number of nitrogens with one attached hydrogen (secondary N) is 1. The third-order valence-corrected chi connectivity index (χ3v) is 3.74. The zero-order valence-electron chi connectivity index (χ0n) is 9.97. The summed E-state index contributed by atoms with van der Waals surface area (Å²) in [5.74, 6) is -0.204. The zero-order valence-corrected chi connectivity index (χ0v) is 11.6. The van der Waals surface area contributed by atoms with Crippen molar-refractivity contribution in [3.05, 3.63) is 45.7 Å². The molecule has 0 aromatic heterocycles. The quantitative estimate of drug-likeness (QED) is 0.815. The summed E-state index contributed by atoms with van der Waals surface area (Å²) in [7, 11) is 0. The van der Waals surface area contributed by atoms with Gasteiger partial charge >= 0.3 is 0 Å². The summed E-state index contributed by atoms with van der Waals surface area (Å²) >= 11 is 3.25. The molecule has 92 valence electrons. The molecule has 0 heterocycles. The van der Waals surface area contributed by atoms with Gasteiger partial charge in [0.25, 0.3) is 0 Å². The van der Waals surface area contributed by atoms with Crippen LogP contribution >= 0.6 is 15.9 Å². The van der Waals surface area contributed by atoms with Crippen molar-refractivity contribution in [2.75, 3.05) is 6.54 Å². The third kappa shape index (κ3) is 2.96. The van der Waals surface area contributed by atoms with Gasteiger partial charge in [0, 0.05) is 0 Å². The van der Waals surface area contributed by atoms with Crippen molar-refractivity contribution in [3.8, 4) is 0 Å². The van der Waals surface area contributed by atoms with Gasteiger partial charge in [-0.3, -0.25) is 0 Å². The fourth-order valence-corrected chi connectivity index (χ4v) is 2.71. The predicted molar refractivity (Wildman–Crippen MR) is 72.5 cm³/mol. The van der Waals surface area contributed by atoms with E-state index in [4.69, 9.17) is 0 Å². The van der Waals surface area contributed by atoms with Crippen molar-refractivity contribution in [2.24, 2.45) is 0 Å². The van der Waals surface area contributed by atoms with Gasteiger partial charge in [-0.2, -0.15) is 0 Å². The Balaban J connectivity index is 2.28. The van der Waals surface area contributed by atoms with E-state index in [1.54, 1.807) is 0 Å². The highest BCUT2D eigenvalue weighted by Crippen LogP contribution is 2.32. The minimum atomic E-state index is -0.204. The lowest BCUT2D eigenvalue weighted by atomic mass is 9.98. The molecule has 1 atom stereocenters. The van der Waals surface area contributed by atoms with Crippen LogP contribution in [-0.4, -0.2) is 6.54 Å². The maximum absolute atomic E-state index is 13.2. The summed E-state index contributed by atoms with van der Waals surface area (Å²) in [6.45, 7) is 3.01. The Morgan fingerprint density at radius 2 is 2.29 bits per heavy atom. The molecule has 1 aliphatic rings. The highest BCUT2D eigenvalue weighted by Gasteiger charge is 2.18. The molecule has 0 saturated heterocycles. The second-order valence-corrected chi connectivity index (χ2v) is 5.19. The molecule has 1 aromatic carbocycles. The molecule has 0 spiro atoms. The van der Waals surface area contributed by atoms with E-state index in [1.165, 1.54) is 24.5 Å². The van der Waals surface area contributed by atoms with Crippen LogP contribution in [0.3, 0.4) is 0 Å². The number of rotatable bonds is 4. The van der Waals surface area contributed by atoms with Crippen molar-refractivity contribution in [3.63, 3.8) is 0 Å². The molecule has 1 aliphatic carbocycles. The molecule has 1 unspecified atom stereocenters. The Labute approximate surface area is 110 Å². The van der Waals surface area contributed by atoms with E-state index >= 15 is 0 Å². The van der Waals surface area contributed by atoms with Crippen LogP contribution in [0.1, 0.15) is 37.8 Å². The molecule has 3 heteroatoms. The first-order valence-corrected chi connectivity index (χ1v) is 6.89. The Hall–Kier alpha value is -0.670. The van der Waals surface area contributed by atoms with Crippen LogP contribution in [0.2, 0.25) is 0 Å². The molecular formula is C14H17BrFN. The summed E-state index contributed by atoms with van der Waals surface area (Å²) in [5, 5.41) is 3.48. The highest BCUT2D eigenvalue weighted by molar-refractivity contribution is 9.10. The summed E-state index contributed by atoms with van der Waals surface area (Å²) in [4.78, 5) is 0. The van der Waals surface area contributed by atoms with Gasteiger partial charge in [0.05, 0.1) is 10.5 Å². The van der Waals surface area contributed by atoms with Crippen LogP contribution in [0.5, 0.6) is 0 Å². The van der Waals surface area contributed by atoms with Gasteiger partial charge in [-0.15, -0.1) is 0 Å². The molecule has 0 aliphatic heterocycles. The lowest BCUT2D eigenvalue weighted by molar-refractivity contribution is 0.595. The van der Waals surface area contributed by atoms with Crippen LogP contribution in [0, 0.1) is 5.82 Å². The number of likely N-dealkylation sites (N-methyl/N-ethyl adjacent to an activating group) is 1. The van der Waals surface area contributed by atoms with Gasteiger partial charge in [-0.25, -0.2) is 4.39 Å². The topological polar surface area (TPSA) is 12.0 Å². The van der Waals surface area contributed by atoms with E-state index in [1.807, 2.05) is 12.1 Å². The van der Waals surface area contributed by atoms with Crippen LogP contribution in [0.25, 0.3) is 0 Å². The molecule has 0 bridgehead atoms. The summed E-state index contributed by atoms with van der Waals surface area (Å²) in [6, 6.07) is 5.51. The average Bonchev–Trinajstić information content (AvgIpc) is 2.83. The maximum Gasteiger partial charge on any atom is 0.137 e. The third-order valence-electron chi connectivity index (χ3n) is 3.13. The van der Waals surface area contributed by atoms with E-state index in [2.05, 4.69) is 34.2 Å². The first-order chi connectivity index (χ1) is 8.22.